The van der Waals surface area contributed by atoms with Crippen LogP contribution in [0.15, 0.2) is 18.5 Å². The Hall–Kier alpha value is -1.13. The second-order valence-corrected chi connectivity index (χ2v) is 4.90. The molecule has 1 fully saturated rings. The Balaban J connectivity index is 2.00. The fraction of sp³-hybridized carbons (Fsp3) is 0.643. The van der Waals surface area contributed by atoms with Gasteiger partial charge in [0.05, 0.1) is 6.10 Å². The highest BCUT2D eigenvalue weighted by Crippen LogP contribution is 2.20. The van der Waals surface area contributed by atoms with Crippen LogP contribution in [-0.4, -0.2) is 38.3 Å². The second-order valence-electron chi connectivity index (χ2n) is 4.90. The summed E-state index contributed by atoms with van der Waals surface area (Å²) >= 11 is 0. The summed E-state index contributed by atoms with van der Waals surface area (Å²) in [6.45, 7) is 2.72. The third-order valence-corrected chi connectivity index (χ3v) is 3.41. The van der Waals surface area contributed by atoms with Gasteiger partial charge in [-0.3, -0.25) is 4.98 Å². The SMILES string of the molecule is CNCc1cnccc1N(C)CC1CCCCO1. The number of ether oxygens (including phenoxy) is 1. The summed E-state index contributed by atoms with van der Waals surface area (Å²) in [7, 11) is 4.09. The van der Waals surface area contributed by atoms with Gasteiger partial charge in [-0.1, -0.05) is 0 Å². The Morgan fingerprint density at radius 3 is 3.11 bits per heavy atom. The molecule has 1 N–H and O–H groups in total. The maximum Gasteiger partial charge on any atom is 0.0749 e. The molecular formula is C14H23N3O. The molecule has 0 spiro atoms. The smallest absolute Gasteiger partial charge is 0.0749 e. The number of pyridine rings is 1. The summed E-state index contributed by atoms with van der Waals surface area (Å²) < 4.78 is 5.80. The van der Waals surface area contributed by atoms with Crippen molar-refractivity contribution < 1.29 is 4.74 Å². The number of rotatable bonds is 5. The van der Waals surface area contributed by atoms with Crippen molar-refractivity contribution >= 4 is 5.69 Å². The van der Waals surface area contributed by atoms with Gasteiger partial charge in [-0.05, 0) is 32.4 Å². The fourth-order valence-electron chi connectivity index (χ4n) is 2.47. The van der Waals surface area contributed by atoms with Gasteiger partial charge in [0.15, 0.2) is 0 Å². The zero-order chi connectivity index (χ0) is 12.8. The number of nitrogens with one attached hydrogen (secondary N) is 1. The van der Waals surface area contributed by atoms with Crippen LogP contribution in [0.25, 0.3) is 0 Å². The highest BCUT2D eigenvalue weighted by atomic mass is 16.5. The van der Waals surface area contributed by atoms with Crippen LogP contribution in [0.2, 0.25) is 0 Å². The third-order valence-electron chi connectivity index (χ3n) is 3.41. The molecule has 1 aliphatic rings. The predicted molar refractivity (Wildman–Crippen MR) is 73.9 cm³/mol. The molecule has 2 rings (SSSR count). The van der Waals surface area contributed by atoms with E-state index in [1.165, 1.54) is 30.5 Å². The number of likely N-dealkylation sites (N-methyl/N-ethyl adjacent to an activating group) is 1. The van der Waals surface area contributed by atoms with Gasteiger partial charge >= 0.3 is 0 Å². The topological polar surface area (TPSA) is 37.4 Å². The maximum absolute atomic E-state index is 5.80. The van der Waals surface area contributed by atoms with E-state index < -0.39 is 0 Å². The van der Waals surface area contributed by atoms with E-state index in [-0.39, 0.29) is 0 Å². The van der Waals surface area contributed by atoms with Crippen molar-refractivity contribution in [2.45, 2.75) is 31.9 Å². The van der Waals surface area contributed by atoms with Gasteiger partial charge in [-0.25, -0.2) is 0 Å². The van der Waals surface area contributed by atoms with Crippen LogP contribution >= 0.6 is 0 Å². The van der Waals surface area contributed by atoms with Crippen molar-refractivity contribution in [3.8, 4) is 0 Å². The molecule has 1 atom stereocenters. The molecule has 0 amide bonds. The molecule has 1 aromatic rings. The molecule has 0 radical (unpaired) electrons. The molecule has 0 aromatic carbocycles. The van der Waals surface area contributed by atoms with Gasteiger partial charge in [0, 0.05) is 50.4 Å². The molecule has 4 nitrogen and oxygen atoms in total. The van der Waals surface area contributed by atoms with Crippen LogP contribution in [0.4, 0.5) is 5.69 Å². The first-order chi connectivity index (χ1) is 8.81. The molecule has 1 aromatic heterocycles. The van der Waals surface area contributed by atoms with E-state index in [4.69, 9.17) is 4.74 Å². The molecule has 0 bridgehead atoms. The van der Waals surface area contributed by atoms with E-state index in [0.29, 0.717) is 6.10 Å². The lowest BCUT2D eigenvalue weighted by atomic mass is 10.1. The molecule has 1 aliphatic heterocycles. The van der Waals surface area contributed by atoms with Gasteiger partial charge in [0.25, 0.3) is 0 Å². The average Bonchev–Trinajstić information content (AvgIpc) is 2.41. The molecule has 0 saturated carbocycles. The Labute approximate surface area is 109 Å². The van der Waals surface area contributed by atoms with Crippen LogP contribution in [0.5, 0.6) is 0 Å². The van der Waals surface area contributed by atoms with Crippen LogP contribution in [0.1, 0.15) is 24.8 Å². The normalized spacial score (nSPS) is 19.8. The average molecular weight is 249 g/mol. The minimum absolute atomic E-state index is 0.374. The van der Waals surface area contributed by atoms with Gasteiger partial charge in [0.2, 0.25) is 0 Å². The quantitative estimate of drug-likeness (QED) is 0.863. The molecule has 4 heteroatoms. The van der Waals surface area contributed by atoms with Crippen LogP contribution < -0.4 is 10.2 Å². The van der Waals surface area contributed by atoms with Crippen LogP contribution in [0, 0.1) is 0 Å². The van der Waals surface area contributed by atoms with Gasteiger partial charge in [-0.2, -0.15) is 0 Å². The van der Waals surface area contributed by atoms with E-state index in [1.807, 2.05) is 19.4 Å². The van der Waals surface area contributed by atoms with Crippen molar-refractivity contribution in [2.24, 2.45) is 0 Å². The van der Waals surface area contributed by atoms with Crippen LogP contribution in [0.3, 0.4) is 0 Å². The summed E-state index contributed by atoms with van der Waals surface area (Å²) in [6.07, 6.45) is 7.84. The molecule has 1 saturated heterocycles. The van der Waals surface area contributed by atoms with Gasteiger partial charge in [0.1, 0.15) is 0 Å². The summed E-state index contributed by atoms with van der Waals surface area (Å²) in [5.41, 5.74) is 2.48. The standard InChI is InChI=1S/C14H23N3O/c1-15-9-12-10-16-7-6-14(12)17(2)11-13-5-3-4-8-18-13/h6-7,10,13,15H,3-5,8-9,11H2,1-2H3. The summed E-state index contributed by atoms with van der Waals surface area (Å²) in [5.74, 6) is 0. The van der Waals surface area contributed by atoms with Gasteiger partial charge in [-0.15, -0.1) is 0 Å². The lowest BCUT2D eigenvalue weighted by Gasteiger charge is -2.29. The minimum atomic E-state index is 0.374. The van der Waals surface area contributed by atoms with Crippen molar-refractivity contribution in [2.75, 3.05) is 32.1 Å². The van der Waals surface area contributed by atoms with Crippen molar-refractivity contribution in [3.05, 3.63) is 24.0 Å². The van der Waals surface area contributed by atoms with Crippen molar-refractivity contribution in [1.29, 1.82) is 0 Å². The lowest BCUT2D eigenvalue weighted by Crippen LogP contribution is -2.34. The first-order valence-electron chi connectivity index (χ1n) is 6.71. The zero-order valence-electron chi connectivity index (χ0n) is 11.4. The molecule has 2 heterocycles. The molecule has 18 heavy (non-hydrogen) atoms. The molecular weight excluding hydrogens is 226 g/mol. The zero-order valence-corrected chi connectivity index (χ0v) is 11.4. The van der Waals surface area contributed by atoms with E-state index in [1.54, 1.807) is 0 Å². The monoisotopic (exact) mass is 249 g/mol. The highest BCUT2D eigenvalue weighted by Gasteiger charge is 2.17. The fourth-order valence-corrected chi connectivity index (χ4v) is 2.47. The van der Waals surface area contributed by atoms with Crippen molar-refractivity contribution in [1.82, 2.24) is 10.3 Å². The molecule has 0 aliphatic carbocycles. The predicted octanol–water partition coefficient (Wildman–Crippen LogP) is 1.81. The first-order valence-corrected chi connectivity index (χ1v) is 6.71. The van der Waals surface area contributed by atoms with E-state index in [9.17, 15) is 0 Å². The summed E-state index contributed by atoms with van der Waals surface area (Å²) in [6, 6.07) is 2.08. The Morgan fingerprint density at radius 1 is 1.50 bits per heavy atom. The second kappa shape index (κ2) is 6.71. The first kappa shape index (κ1) is 13.3. The third kappa shape index (κ3) is 3.43. The lowest BCUT2D eigenvalue weighted by molar-refractivity contribution is 0.0216. The Morgan fingerprint density at radius 2 is 2.39 bits per heavy atom. The largest absolute Gasteiger partial charge is 0.376 e. The minimum Gasteiger partial charge on any atom is -0.376 e. The van der Waals surface area contributed by atoms with E-state index in [0.717, 1.165) is 19.7 Å². The number of hydrogen-bond acceptors (Lipinski definition) is 4. The maximum atomic E-state index is 5.80. The molecule has 1 unspecified atom stereocenters. The van der Waals surface area contributed by atoms with Crippen LogP contribution in [-0.2, 0) is 11.3 Å². The Kier molecular flexibility index (Phi) is 4.96. The van der Waals surface area contributed by atoms with E-state index in [2.05, 4.69) is 28.3 Å². The molecule has 100 valence electrons. The van der Waals surface area contributed by atoms with Crippen molar-refractivity contribution in [3.63, 3.8) is 0 Å². The number of aromatic nitrogens is 1. The number of hydrogen-bond donors (Lipinski definition) is 1. The number of anilines is 1. The van der Waals surface area contributed by atoms with Gasteiger partial charge < -0.3 is 15.0 Å². The number of nitrogens with zero attached hydrogens (tertiary/aromatic N) is 2. The summed E-state index contributed by atoms with van der Waals surface area (Å²) in [5, 5.41) is 3.18. The Bertz CT molecular complexity index is 364. The highest BCUT2D eigenvalue weighted by molar-refractivity contribution is 5.51. The summed E-state index contributed by atoms with van der Waals surface area (Å²) in [4.78, 5) is 6.48. The van der Waals surface area contributed by atoms with E-state index >= 15 is 0 Å².